The third-order valence-corrected chi connectivity index (χ3v) is 2.04. The van der Waals surface area contributed by atoms with Crippen LogP contribution in [0.15, 0.2) is 24.3 Å². The van der Waals surface area contributed by atoms with Gasteiger partial charge in [0.1, 0.15) is 0 Å². The van der Waals surface area contributed by atoms with Crippen LogP contribution < -0.4 is 0 Å². The Hall–Kier alpha value is -1.81. The number of ether oxygens (including phenoxy) is 2. The van der Waals surface area contributed by atoms with E-state index in [4.69, 9.17) is 14.7 Å². The molecule has 1 heterocycles. The molecule has 1 aliphatic rings. The van der Waals surface area contributed by atoms with E-state index in [-0.39, 0.29) is 6.29 Å². The molecular formula is C12H9NO2. The van der Waals surface area contributed by atoms with Gasteiger partial charge in [0.15, 0.2) is 12.4 Å². The van der Waals surface area contributed by atoms with Crippen LogP contribution in [0.1, 0.15) is 17.4 Å². The van der Waals surface area contributed by atoms with Crippen molar-refractivity contribution >= 4 is 0 Å². The summed E-state index contributed by atoms with van der Waals surface area (Å²) in [5, 5.41) is 8.34. The van der Waals surface area contributed by atoms with E-state index in [1.165, 1.54) is 0 Å². The first-order valence-corrected chi connectivity index (χ1v) is 4.63. The Balaban J connectivity index is 2.22. The number of rotatable bonds is 1. The van der Waals surface area contributed by atoms with E-state index in [0.29, 0.717) is 13.2 Å². The lowest BCUT2D eigenvalue weighted by atomic mass is 10.1. The molecule has 0 bridgehead atoms. The van der Waals surface area contributed by atoms with Crippen molar-refractivity contribution in [2.24, 2.45) is 0 Å². The lowest BCUT2D eigenvalue weighted by molar-refractivity contribution is -0.0441. The van der Waals surface area contributed by atoms with Crippen molar-refractivity contribution in [2.45, 2.75) is 6.29 Å². The quantitative estimate of drug-likeness (QED) is 0.645. The highest BCUT2D eigenvalue weighted by Gasteiger charge is 2.17. The SMILES string of the molecule is N#CC#Cc1cccc(C2OCCO2)c1. The fourth-order valence-electron chi connectivity index (χ4n) is 1.41. The molecule has 0 spiro atoms. The molecule has 1 aliphatic heterocycles. The summed E-state index contributed by atoms with van der Waals surface area (Å²) in [7, 11) is 0. The molecule has 1 aromatic carbocycles. The lowest BCUT2D eigenvalue weighted by Gasteiger charge is -2.08. The van der Waals surface area contributed by atoms with Gasteiger partial charge in [-0.15, -0.1) is 0 Å². The van der Waals surface area contributed by atoms with Crippen LogP contribution in [-0.2, 0) is 9.47 Å². The predicted molar refractivity (Wildman–Crippen MR) is 53.6 cm³/mol. The van der Waals surface area contributed by atoms with Gasteiger partial charge < -0.3 is 9.47 Å². The molecule has 0 unspecified atom stereocenters. The summed E-state index contributed by atoms with van der Waals surface area (Å²) in [6, 6.07) is 9.31. The van der Waals surface area contributed by atoms with Crippen molar-refractivity contribution in [3.8, 4) is 17.9 Å². The first-order valence-electron chi connectivity index (χ1n) is 4.63. The normalized spacial score (nSPS) is 15.4. The Kier molecular flexibility index (Phi) is 2.99. The molecule has 0 saturated carbocycles. The van der Waals surface area contributed by atoms with E-state index in [9.17, 15) is 0 Å². The summed E-state index contributed by atoms with van der Waals surface area (Å²) in [4.78, 5) is 0. The maximum Gasteiger partial charge on any atom is 0.184 e. The van der Waals surface area contributed by atoms with Crippen molar-refractivity contribution in [2.75, 3.05) is 13.2 Å². The molecule has 3 nitrogen and oxygen atoms in total. The molecule has 0 radical (unpaired) electrons. The summed E-state index contributed by atoms with van der Waals surface area (Å²) >= 11 is 0. The molecular weight excluding hydrogens is 190 g/mol. The van der Waals surface area contributed by atoms with Crippen molar-refractivity contribution in [1.29, 1.82) is 5.26 Å². The van der Waals surface area contributed by atoms with Crippen LogP contribution in [0.3, 0.4) is 0 Å². The second-order valence-corrected chi connectivity index (χ2v) is 3.06. The summed E-state index contributed by atoms with van der Waals surface area (Å²) in [6.07, 6.45) is -0.283. The monoisotopic (exact) mass is 199 g/mol. The van der Waals surface area contributed by atoms with Gasteiger partial charge in [-0.25, -0.2) is 0 Å². The Bertz CT molecular complexity index is 445. The molecule has 0 atom stereocenters. The second-order valence-electron chi connectivity index (χ2n) is 3.06. The fraction of sp³-hybridized carbons (Fsp3) is 0.250. The molecule has 3 heteroatoms. The van der Waals surface area contributed by atoms with Crippen LogP contribution in [0.5, 0.6) is 0 Å². The maximum atomic E-state index is 8.34. The molecule has 0 N–H and O–H groups in total. The maximum absolute atomic E-state index is 8.34. The smallest absolute Gasteiger partial charge is 0.184 e. The van der Waals surface area contributed by atoms with Crippen LogP contribution in [0.25, 0.3) is 0 Å². The van der Waals surface area contributed by atoms with Gasteiger partial charge in [-0.1, -0.05) is 18.1 Å². The van der Waals surface area contributed by atoms with Crippen LogP contribution in [-0.4, -0.2) is 13.2 Å². The average molecular weight is 199 g/mol. The molecule has 0 aromatic heterocycles. The number of benzene rings is 1. The average Bonchev–Trinajstić information content (AvgIpc) is 2.80. The van der Waals surface area contributed by atoms with E-state index in [1.807, 2.05) is 24.3 Å². The minimum atomic E-state index is -0.283. The van der Waals surface area contributed by atoms with Gasteiger partial charge in [-0.05, 0) is 12.1 Å². The molecule has 1 fully saturated rings. The largest absolute Gasteiger partial charge is 0.346 e. The number of nitrogens with zero attached hydrogens (tertiary/aromatic N) is 1. The highest BCUT2D eigenvalue weighted by atomic mass is 16.7. The van der Waals surface area contributed by atoms with Crippen LogP contribution in [0.4, 0.5) is 0 Å². The van der Waals surface area contributed by atoms with Gasteiger partial charge in [0.25, 0.3) is 0 Å². The van der Waals surface area contributed by atoms with Gasteiger partial charge in [0.2, 0.25) is 0 Å². The van der Waals surface area contributed by atoms with Crippen molar-refractivity contribution in [3.63, 3.8) is 0 Å². The van der Waals surface area contributed by atoms with E-state index in [2.05, 4.69) is 11.8 Å². The van der Waals surface area contributed by atoms with Gasteiger partial charge in [-0.3, -0.25) is 0 Å². The zero-order chi connectivity index (χ0) is 10.5. The summed E-state index contributed by atoms with van der Waals surface area (Å²) in [6.45, 7) is 1.25. The van der Waals surface area contributed by atoms with Crippen molar-refractivity contribution < 1.29 is 9.47 Å². The molecule has 15 heavy (non-hydrogen) atoms. The molecule has 1 saturated heterocycles. The van der Waals surface area contributed by atoms with E-state index in [0.717, 1.165) is 11.1 Å². The highest BCUT2D eigenvalue weighted by molar-refractivity contribution is 5.40. The topological polar surface area (TPSA) is 42.2 Å². The first-order chi connectivity index (χ1) is 7.40. The van der Waals surface area contributed by atoms with Gasteiger partial charge in [-0.2, -0.15) is 5.26 Å². The van der Waals surface area contributed by atoms with Gasteiger partial charge >= 0.3 is 0 Å². The van der Waals surface area contributed by atoms with E-state index < -0.39 is 0 Å². The molecule has 74 valence electrons. The Morgan fingerprint density at radius 2 is 2.07 bits per heavy atom. The third kappa shape index (κ3) is 2.35. The number of hydrogen-bond donors (Lipinski definition) is 0. The van der Waals surface area contributed by atoms with Crippen LogP contribution >= 0.6 is 0 Å². The fourth-order valence-corrected chi connectivity index (χ4v) is 1.41. The van der Waals surface area contributed by atoms with Crippen LogP contribution in [0.2, 0.25) is 0 Å². The van der Waals surface area contributed by atoms with Crippen molar-refractivity contribution in [1.82, 2.24) is 0 Å². The predicted octanol–water partition coefficient (Wildman–Crippen LogP) is 1.61. The van der Waals surface area contributed by atoms with Crippen LogP contribution in [0, 0.1) is 23.2 Å². The third-order valence-electron chi connectivity index (χ3n) is 2.04. The van der Waals surface area contributed by atoms with Gasteiger partial charge in [0, 0.05) is 17.0 Å². The standard InChI is InChI=1S/C12H9NO2/c13-6-2-4-10-3-1-5-11(9-10)12-14-7-8-15-12/h1,3,5,9,12H,7-8H2. The molecule has 0 amide bonds. The molecule has 0 aliphatic carbocycles. The summed E-state index contributed by atoms with van der Waals surface area (Å²) in [5.74, 6) is 5.09. The minimum Gasteiger partial charge on any atom is -0.346 e. The molecule has 1 aromatic rings. The number of nitriles is 1. The zero-order valence-corrected chi connectivity index (χ0v) is 8.06. The summed E-state index contributed by atoms with van der Waals surface area (Å²) < 4.78 is 10.7. The first kappa shape index (κ1) is 9.73. The van der Waals surface area contributed by atoms with E-state index >= 15 is 0 Å². The molecule has 2 rings (SSSR count). The Morgan fingerprint density at radius 1 is 1.27 bits per heavy atom. The Labute approximate surface area is 88.2 Å². The van der Waals surface area contributed by atoms with Gasteiger partial charge in [0.05, 0.1) is 13.2 Å². The Morgan fingerprint density at radius 3 is 2.80 bits per heavy atom. The lowest BCUT2D eigenvalue weighted by Crippen LogP contribution is -1.97. The number of hydrogen-bond acceptors (Lipinski definition) is 3. The second kappa shape index (κ2) is 4.61. The van der Waals surface area contributed by atoms with Crippen molar-refractivity contribution in [3.05, 3.63) is 35.4 Å². The summed E-state index contributed by atoms with van der Waals surface area (Å²) in [5.41, 5.74) is 1.74. The minimum absolute atomic E-state index is 0.283. The zero-order valence-electron chi connectivity index (χ0n) is 8.06. The highest BCUT2D eigenvalue weighted by Crippen LogP contribution is 2.23. The van der Waals surface area contributed by atoms with E-state index in [1.54, 1.807) is 6.07 Å².